The van der Waals surface area contributed by atoms with Crippen molar-refractivity contribution in [3.05, 3.63) is 17.2 Å². The molecule has 118 valence electrons. The molecule has 0 spiro atoms. The molecule has 1 aliphatic carbocycles. The smallest absolute Gasteiger partial charge is 0.410 e. The molecule has 0 aromatic carbocycles. The van der Waals surface area contributed by atoms with Crippen molar-refractivity contribution in [2.75, 3.05) is 7.05 Å². The van der Waals surface area contributed by atoms with Gasteiger partial charge < -0.3 is 9.72 Å². The fourth-order valence-electron chi connectivity index (χ4n) is 2.46. The second-order valence-corrected chi connectivity index (χ2v) is 7.32. The number of amides is 1. The van der Waals surface area contributed by atoms with Crippen LogP contribution in [0.4, 0.5) is 4.79 Å². The highest BCUT2D eigenvalue weighted by Gasteiger charge is 2.36. The lowest BCUT2D eigenvalue weighted by Crippen LogP contribution is -2.45. The number of rotatable bonds is 2. The Morgan fingerprint density at radius 2 is 1.81 bits per heavy atom. The lowest BCUT2D eigenvalue weighted by molar-refractivity contribution is 0.00904. The van der Waals surface area contributed by atoms with Gasteiger partial charge in [-0.1, -0.05) is 0 Å². The highest BCUT2D eigenvalue weighted by Crippen LogP contribution is 2.29. The van der Waals surface area contributed by atoms with Gasteiger partial charge in [0, 0.05) is 12.7 Å². The van der Waals surface area contributed by atoms with Crippen molar-refractivity contribution in [1.29, 1.82) is 0 Å². The highest BCUT2D eigenvalue weighted by atomic mass is 16.6. The average Bonchev–Trinajstić information content (AvgIpc) is 2.80. The number of ether oxygens (including phenoxy) is 1. The van der Waals surface area contributed by atoms with Gasteiger partial charge in [0.05, 0.1) is 11.2 Å². The molecule has 2 rings (SSSR count). The number of hydrogen-bond donors (Lipinski definition) is 1. The number of aromatic amines is 1. The summed E-state index contributed by atoms with van der Waals surface area (Å²) in [4.78, 5) is 22.0. The molecular weight excluding hydrogens is 266 g/mol. The summed E-state index contributed by atoms with van der Waals surface area (Å²) in [6.07, 6.45) is 4.14. The molecule has 5 heteroatoms. The molecule has 0 radical (unpaired) electrons. The Morgan fingerprint density at radius 3 is 2.38 bits per heavy atom. The van der Waals surface area contributed by atoms with E-state index in [9.17, 15) is 4.79 Å². The molecule has 0 atom stereocenters. The van der Waals surface area contributed by atoms with Gasteiger partial charge in [0.1, 0.15) is 11.4 Å². The third-order valence-electron chi connectivity index (χ3n) is 4.04. The average molecular weight is 293 g/mol. The van der Waals surface area contributed by atoms with Crippen molar-refractivity contribution in [3.8, 4) is 0 Å². The quantitative estimate of drug-likeness (QED) is 0.909. The number of fused-ring (bicyclic) bond motifs is 1. The zero-order valence-electron chi connectivity index (χ0n) is 14.0. The molecule has 1 aromatic heterocycles. The normalized spacial score (nSPS) is 15.5. The van der Waals surface area contributed by atoms with E-state index in [1.807, 2.05) is 34.6 Å². The number of H-pyrrole nitrogens is 1. The fraction of sp³-hybridized carbons (Fsp3) is 0.750. The van der Waals surface area contributed by atoms with Crippen molar-refractivity contribution in [3.63, 3.8) is 0 Å². The molecular formula is C16H27N3O2. The number of nitrogens with zero attached hydrogens (tertiary/aromatic N) is 2. The van der Waals surface area contributed by atoms with Crippen molar-refractivity contribution in [1.82, 2.24) is 14.9 Å². The molecule has 1 amide bonds. The van der Waals surface area contributed by atoms with Gasteiger partial charge in [0.2, 0.25) is 0 Å². The Balaban J connectivity index is 2.20. The van der Waals surface area contributed by atoms with E-state index in [1.54, 1.807) is 11.9 Å². The summed E-state index contributed by atoms with van der Waals surface area (Å²) < 4.78 is 5.45. The Labute approximate surface area is 127 Å². The van der Waals surface area contributed by atoms with Crippen molar-refractivity contribution < 1.29 is 9.53 Å². The Bertz CT molecular complexity index is 503. The maximum atomic E-state index is 12.3. The van der Waals surface area contributed by atoms with Gasteiger partial charge in [-0.15, -0.1) is 0 Å². The van der Waals surface area contributed by atoms with Gasteiger partial charge in [0.25, 0.3) is 0 Å². The summed E-state index contributed by atoms with van der Waals surface area (Å²) in [6, 6.07) is 0. The van der Waals surface area contributed by atoms with E-state index in [2.05, 4.69) is 4.98 Å². The zero-order valence-corrected chi connectivity index (χ0v) is 14.0. The molecule has 1 aromatic rings. The van der Waals surface area contributed by atoms with Crippen LogP contribution >= 0.6 is 0 Å². The van der Waals surface area contributed by atoms with Crippen LogP contribution in [0, 0.1) is 0 Å². The van der Waals surface area contributed by atoms with E-state index in [4.69, 9.17) is 9.72 Å². The van der Waals surface area contributed by atoms with E-state index < -0.39 is 11.1 Å². The molecule has 0 bridgehead atoms. The molecule has 5 nitrogen and oxygen atoms in total. The topological polar surface area (TPSA) is 58.2 Å². The Kier molecular flexibility index (Phi) is 4.04. The van der Waals surface area contributed by atoms with Crippen LogP contribution in [0.3, 0.4) is 0 Å². The summed E-state index contributed by atoms with van der Waals surface area (Å²) in [5.41, 5.74) is 1.35. The Hall–Kier alpha value is -1.52. The molecule has 0 saturated carbocycles. The van der Waals surface area contributed by atoms with E-state index in [0.717, 1.165) is 24.4 Å². The van der Waals surface area contributed by atoms with Crippen LogP contribution in [0.1, 0.15) is 64.7 Å². The van der Waals surface area contributed by atoms with Crippen LogP contribution in [0.15, 0.2) is 0 Å². The van der Waals surface area contributed by atoms with Gasteiger partial charge in [0.15, 0.2) is 0 Å². The number of aryl methyl sites for hydroxylation is 2. The third kappa shape index (κ3) is 3.39. The first-order valence-electron chi connectivity index (χ1n) is 7.66. The minimum absolute atomic E-state index is 0.332. The molecule has 1 aliphatic rings. The van der Waals surface area contributed by atoms with Crippen LogP contribution in [0.2, 0.25) is 0 Å². The van der Waals surface area contributed by atoms with Gasteiger partial charge in [-0.3, -0.25) is 4.90 Å². The summed E-state index contributed by atoms with van der Waals surface area (Å²) in [7, 11) is 1.76. The lowest BCUT2D eigenvalue weighted by atomic mass is 10.0. The number of imidazole rings is 1. The first-order valence-corrected chi connectivity index (χ1v) is 7.66. The second kappa shape index (κ2) is 5.35. The van der Waals surface area contributed by atoms with Crippen LogP contribution in [-0.2, 0) is 23.1 Å². The van der Waals surface area contributed by atoms with Crippen LogP contribution in [-0.4, -0.2) is 33.6 Å². The predicted molar refractivity (Wildman–Crippen MR) is 82.3 cm³/mol. The summed E-state index contributed by atoms with van der Waals surface area (Å²) >= 11 is 0. The number of aromatic nitrogens is 2. The number of carbonyl (C=O) groups excluding carboxylic acids is 1. The van der Waals surface area contributed by atoms with Crippen molar-refractivity contribution in [2.45, 2.75) is 71.4 Å². The van der Waals surface area contributed by atoms with Gasteiger partial charge in [-0.2, -0.15) is 0 Å². The standard InChI is InChI=1S/C16H27N3O2/c1-15(2,3)21-14(20)19(6)16(4,5)13-17-11-9-7-8-10-12(11)18-13/h7-10H2,1-6H3,(H,17,18). The third-order valence-corrected chi connectivity index (χ3v) is 4.04. The summed E-state index contributed by atoms with van der Waals surface area (Å²) in [6.45, 7) is 9.59. The summed E-state index contributed by atoms with van der Waals surface area (Å²) in [5.74, 6) is 0.836. The minimum atomic E-state index is -0.528. The Morgan fingerprint density at radius 1 is 1.19 bits per heavy atom. The van der Waals surface area contributed by atoms with E-state index in [-0.39, 0.29) is 6.09 Å². The monoisotopic (exact) mass is 293 g/mol. The number of nitrogens with one attached hydrogen (secondary N) is 1. The molecule has 0 saturated heterocycles. The maximum Gasteiger partial charge on any atom is 0.410 e. The van der Waals surface area contributed by atoms with Crippen LogP contribution in [0.25, 0.3) is 0 Å². The predicted octanol–water partition coefficient (Wildman–Crippen LogP) is 3.39. The maximum absolute atomic E-state index is 12.3. The highest BCUT2D eigenvalue weighted by molar-refractivity contribution is 5.68. The first-order chi connectivity index (χ1) is 9.61. The summed E-state index contributed by atoms with van der Waals surface area (Å²) in [5, 5.41) is 0. The fourth-order valence-corrected chi connectivity index (χ4v) is 2.46. The molecule has 0 unspecified atom stereocenters. The molecule has 0 fully saturated rings. The van der Waals surface area contributed by atoms with Crippen molar-refractivity contribution >= 4 is 6.09 Å². The van der Waals surface area contributed by atoms with E-state index >= 15 is 0 Å². The zero-order chi connectivity index (χ0) is 15.8. The molecule has 1 heterocycles. The molecule has 21 heavy (non-hydrogen) atoms. The minimum Gasteiger partial charge on any atom is -0.444 e. The van der Waals surface area contributed by atoms with Gasteiger partial charge in [-0.05, 0) is 60.3 Å². The lowest BCUT2D eigenvalue weighted by Gasteiger charge is -2.35. The number of hydrogen-bond acceptors (Lipinski definition) is 3. The molecule has 1 N–H and O–H groups in total. The van der Waals surface area contributed by atoms with Gasteiger partial charge in [-0.25, -0.2) is 9.78 Å². The van der Waals surface area contributed by atoms with E-state index in [1.165, 1.54) is 18.5 Å². The van der Waals surface area contributed by atoms with Crippen LogP contribution < -0.4 is 0 Å². The van der Waals surface area contributed by atoms with Gasteiger partial charge >= 0.3 is 6.09 Å². The first kappa shape index (κ1) is 15.9. The largest absolute Gasteiger partial charge is 0.444 e. The van der Waals surface area contributed by atoms with Crippen molar-refractivity contribution in [2.24, 2.45) is 0 Å². The second-order valence-electron chi connectivity index (χ2n) is 7.32. The SMILES string of the molecule is CN(C(=O)OC(C)(C)C)C(C)(C)c1nc2c([nH]1)CCCC2. The van der Waals surface area contributed by atoms with Crippen LogP contribution in [0.5, 0.6) is 0 Å². The van der Waals surface area contributed by atoms with E-state index in [0.29, 0.717) is 0 Å². The number of carbonyl (C=O) groups is 1. The molecule has 0 aliphatic heterocycles.